The number of nitrogens with one attached hydrogen (secondary N) is 2. The summed E-state index contributed by atoms with van der Waals surface area (Å²) in [6.07, 6.45) is -0.882. The summed E-state index contributed by atoms with van der Waals surface area (Å²) >= 11 is 0. The minimum absolute atomic E-state index is 0.0419. The Kier molecular flexibility index (Phi) is 4.67. The van der Waals surface area contributed by atoms with Crippen molar-refractivity contribution >= 4 is 11.8 Å². The van der Waals surface area contributed by atoms with Gasteiger partial charge < -0.3 is 14.0 Å². The zero-order valence-corrected chi connectivity index (χ0v) is 15.0. The number of fused-ring (bicyclic) bond motifs is 1. The summed E-state index contributed by atoms with van der Waals surface area (Å²) in [7, 11) is 0. The maximum atomic E-state index is 12.6. The predicted octanol–water partition coefficient (Wildman–Crippen LogP) is 2.25. The van der Waals surface area contributed by atoms with Crippen LogP contribution in [0, 0.1) is 6.92 Å². The standard InChI is InChI=1S/C20H17N3O5/c1-12-17(18(23-28-12)13-7-3-2-4-8-13)20(25)22-21-19(24)16-11-26-14-9-5-6-10-15(14)27-16/h2-10,16H,11H2,1H3,(H,21,24)(H,22,25). The Bertz CT molecular complexity index is 1020. The molecule has 1 unspecified atom stereocenters. The van der Waals surface area contributed by atoms with E-state index in [0.717, 1.165) is 5.56 Å². The number of para-hydroxylation sites is 2. The van der Waals surface area contributed by atoms with E-state index in [-0.39, 0.29) is 12.2 Å². The van der Waals surface area contributed by atoms with Crippen molar-refractivity contribution in [2.75, 3.05) is 6.61 Å². The van der Waals surface area contributed by atoms with Gasteiger partial charge in [-0.15, -0.1) is 0 Å². The van der Waals surface area contributed by atoms with Gasteiger partial charge in [-0.3, -0.25) is 20.4 Å². The zero-order valence-electron chi connectivity index (χ0n) is 15.0. The highest BCUT2D eigenvalue weighted by Crippen LogP contribution is 2.30. The van der Waals surface area contributed by atoms with Gasteiger partial charge in [-0.1, -0.05) is 47.6 Å². The van der Waals surface area contributed by atoms with Crippen LogP contribution in [0.2, 0.25) is 0 Å². The smallest absolute Gasteiger partial charge is 0.283 e. The molecule has 0 spiro atoms. The molecule has 0 saturated heterocycles. The number of rotatable bonds is 3. The number of aryl methyl sites for hydroxylation is 1. The van der Waals surface area contributed by atoms with E-state index in [9.17, 15) is 9.59 Å². The highest BCUT2D eigenvalue weighted by atomic mass is 16.6. The Morgan fingerprint density at radius 2 is 1.71 bits per heavy atom. The average Bonchev–Trinajstić information content (AvgIpc) is 3.13. The molecule has 3 aromatic rings. The summed E-state index contributed by atoms with van der Waals surface area (Å²) in [6, 6.07) is 16.2. The van der Waals surface area contributed by atoms with Gasteiger partial charge in [0.1, 0.15) is 23.6 Å². The Labute approximate surface area is 160 Å². The fourth-order valence-electron chi connectivity index (χ4n) is 2.84. The number of ether oxygens (including phenoxy) is 2. The molecule has 0 radical (unpaired) electrons. The first-order valence-corrected chi connectivity index (χ1v) is 8.64. The maximum absolute atomic E-state index is 12.6. The first-order valence-electron chi connectivity index (χ1n) is 8.64. The highest BCUT2D eigenvalue weighted by molar-refractivity contribution is 6.01. The third kappa shape index (κ3) is 3.39. The van der Waals surface area contributed by atoms with Crippen molar-refractivity contribution in [1.82, 2.24) is 16.0 Å². The third-order valence-corrected chi connectivity index (χ3v) is 4.24. The normalized spacial score (nSPS) is 15.0. The van der Waals surface area contributed by atoms with Crippen LogP contribution in [0.25, 0.3) is 11.3 Å². The van der Waals surface area contributed by atoms with E-state index in [0.29, 0.717) is 23.0 Å². The van der Waals surface area contributed by atoms with E-state index in [1.54, 1.807) is 25.1 Å². The lowest BCUT2D eigenvalue weighted by Gasteiger charge is -2.25. The highest BCUT2D eigenvalue weighted by Gasteiger charge is 2.28. The minimum Gasteiger partial charge on any atom is -0.485 e. The van der Waals surface area contributed by atoms with E-state index in [4.69, 9.17) is 14.0 Å². The summed E-state index contributed by atoms with van der Waals surface area (Å²) in [5, 5.41) is 3.96. The van der Waals surface area contributed by atoms with E-state index < -0.39 is 17.9 Å². The predicted molar refractivity (Wildman–Crippen MR) is 98.6 cm³/mol. The second kappa shape index (κ2) is 7.43. The third-order valence-electron chi connectivity index (χ3n) is 4.24. The molecule has 2 heterocycles. The minimum atomic E-state index is -0.882. The molecule has 2 amide bonds. The Morgan fingerprint density at radius 3 is 2.50 bits per heavy atom. The summed E-state index contributed by atoms with van der Waals surface area (Å²) in [6.45, 7) is 1.67. The molecule has 1 aliphatic heterocycles. The quantitative estimate of drug-likeness (QED) is 0.677. The molecule has 1 aromatic heterocycles. The van der Waals surface area contributed by atoms with Crippen molar-refractivity contribution in [3.8, 4) is 22.8 Å². The van der Waals surface area contributed by atoms with Crippen LogP contribution in [-0.4, -0.2) is 29.7 Å². The number of amides is 2. The topological polar surface area (TPSA) is 103 Å². The van der Waals surface area contributed by atoms with Crippen molar-refractivity contribution in [1.29, 1.82) is 0 Å². The number of nitrogens with zero attached hydrogens (tertiary/aromatic N) is 1. The van der Waals surface area contributed by atoms with Crippen LogP contribution in [0.3, 0.4) is 0 Å². The molecule has 2 aromatic carbocycles. The second-order valence-corrected chi connectivity index (χ2v) is 6.14. The van der Waals surface area contributed by atoms with E-state index in [2.05, 4.69) is 16.0 Å². The second-order valence-electron chi connectivity index (χ2n) is 6.14. The largest absolute Gasteiger partial charge is 0.485 e. The number of benzene rings is 2. The molecule has 4 rings (SSSR count). The first kappa shape index (κ1) is 17.6. The van der Waals surface area contributed by atoms with Crippen molar-refractivity contribution in [3.63, 3.8) is 0 Å². The van der Waals surface area contributed by atoms with Gasteiger partial charge in [0.05, 0.1) is 0 Å². The monoisotopic (exact) mass is 379 g/mol. The number of hydrogen-bond donors (Lipinski definition) is 2. The van der Waals surface area contributed by atoms with Gasteiger partial charge >= 0.3 is 0 Å². The molecule has 0 bridgehead atoms. The molecular formula is C20H17N3O5. The van der Waals surface area contributed by atoms with Gasteiger partial charge in [0.2, 0.25) is 6.10 Å². The number of hydrogen-bond acceptors (Lipinski definition) is 6. The number of carbonyl (C=O) groups excluding carboxylic acids is 2. The van der Waals surface area contributed by atoms with Gasteiger partial charge in [-0.2, -0.15) is 0 Å². The molecule has 1 aliphatic rings. The van der Waals surface area contributed by atoms with Crippen LogP contribution < -0.4 is 20.3 Å². The van der Waals surface area contributed by atoms with Gasteiger partial charge in [0.15, 0.2) is 11.5 Å². The molecule has 1 atom stereocenters. The summed E-state index contributed by atoms with van der Waals surface area (Å²) in [4.78, 5) is 25.0. The number of aromatic nitrogens is 1. The van der Waals surface area contributed by atoms with Gasteiger partial charge in [-0.05, 0) is 19.1 Å². The molecule has 28 heavy (non-hydrogen) atoms. The SMILES string of the molecule is Cc1onc(-c2ccccc2)c1C(=O)NNC(=O)C1COc2ccccc2O1. The molecule has 8 nitrogen and oxygen atoms in total. The molecule has 8 heteroatoms. The Balaban J connectivity index is 1.43. The molecule has 0 fully saturated rings. The molecular weight excluding hydrogens is 362 g/mol. The summed E-state index contributed by atoms with van der Waals surface area (Å²) in [5.74, 6) is 0.322. The van der Waals surface area contributed by atoms with Crippen LogP contribution in [0.15, 0.2) is 59.1 Å². The van der Waals surface area contributed by atoms with E-state index in [1.165, 1.54) is 0 Å². The van der Waals surface area contributed by atoms with Crippen molar-refractivity contribution in [2.24, 2.45) is 0 Å². The number of carbonyl (C=O) groups is 2. The summed E-state index contributed by atoms with van der Waals surface area (Å²) in [5.41, 5.74) is 6.13. The molecule has 0 saturated carbocycles. The first-order chi connectivity index (χ1) is 13.6. The zero-order chi connectivity index (χ0) is 19.5. The lowest BCUT2D eigenvalue weighted by Crippen LogP contribution is -2.51. The molecule has 0 aliphatic carbocycles. The van der Waals surface area contributed by atoms with Gasteiger partial charge in [0.25, 0.3) is 11.8 Å². The summed E-state index contributed by atoms with van der Waals surface area (Å²) < 4.78 is 16.3. The molecule has 2 N–H and O–H groups in total. The maximum Gasteiger partial charge on any atom is 0.283 e. The lowest BCUT2D eigenvalue weighted by molar-refractivity contribution is -0.131. The van der Waals surface area contributed by atoms with E-state index >= 15 is 0 Å². The number of hydrazine groups is 1. The van der Waals surface area contributed by atoms with Gasteiger partial charge in [0, 0.05) is 5.56 Å². The van der Waals surface area contributed by atoms with Crippen LogP contribution >= 0.6 is 0 Å². The van der Waals surface area contributed by atoms with Crippen LogP contribution in [0.4, 0.5) is 0 Å². The van der Waals surface area contributed by atoms with E-state index in [1.807, 2.05) is 36.4 Å². The van der Waals surface area contributed by atoms with Crippen LogP contribution in [0.5, 0.6) is 11.5 Å². The molecule has 142 valence electrons. The van der Waals surface area contributed by atoms with Crippen molar-refractivity contribution in [3.05, 3.63) is 65.9 Å². The van der Waals surface area contributed by atoms with Crippen molar-refractivity contribution < 1.29 is 23.6 Å². The average molecular weight is 379 g/mol. The fourth-order valence-corrected chi connectivity index (χ4v) is 2.84. The fraction of sp³-hybridized carbons (Fsp3) is 0.150. The van der Waals surface area contributed by atoms with Crippen LogP contribution in [-0.2, 0) is 4.79 Å². The lowest BCUT2D eigenvalue weighted by atomic mass is 10.1. The van der Waals surface area contributed by atoms with Gasteiger partial charge in [-0.25, -0.2) is 0 Å². The Hall–Kier alpha value is -3.81. The van der Waals surface area contributed by atoms with Crippen molar-refractivity contribution in [2.45, 2.75) is 13.0 Å². The van der Waals surface area contributed by atoms with Crippen LogP contribution in [0.1, 0.15) is 16.1 Å². The Morgan fingerprint density at radius 1 is 1.00 bits per heavy atom.